The molecule has 0 aliphatic carbocycles. The highest BCUT2D eigenvalue weighted by Crippen LogP contribution is 2.19. The second kappa shape index (κ2) is 7.59. The first-order valence-electron chi connectivity index (χ1n) is 7.60. The molecule has 0 radical (unpaired) electrons. The number of pyridine rings is 1. The van der Waals surface area contributed by atoms with Gasteiger partial charge in [0.25, 0.3) is 0 Å². The van der Waals surface area contributed by atoms with Gasteiger partial charge in [0.15, 0.2) is 0 Å². The summed E-state index contributed by atoms with van der Waals surface area (Å²) >= 11 is 0. The summed E-state index contributed by atoms with van der Waals surface area (Å²) in [5, 5.41) is 10.0. The Hall–Kier alpha value is -2.37. The zero-order valence-corrected chi connectivity index (χ0v) is 13.3. The predicted octanol–water partition coefficient (Wildman–Crippen LogP) is 2.92. The van der Waals surface area contributed by atoms with E-state index in [-0.39, 0.29) is 6.03 Å². The molecule has 2 amide bonds. The highest BCUT2D eigenvalue weighted by atomic mass is 16.2. The van der Waals surface area contributed by atoms with Crippen molar-refractivity contribution in [2.24, 2.45) is 0 Å². The number of carbonyl (C=O) groups is 1. The fourth-order valence-corrected chi connectivity index (χ4v) is 2.18. The zero-order valence-electron chi connectivity index (χ0n) is 13.3. The van der Waals surface area contributed by atoms with Crippen LogP contribution in [0.2, 0.25) is 0 Å². The molecule has 6 nitrogen and oxygen atoms in total. The standard InChI is InChI=1S/C16H23N5O/c1-4-12(2)21-13(3)15(11-19-21)20-16(22)18-10-8-14-7-5-6-9-17-14/h5-7,9,11-12H,4,8,10H2,1-3H3,(H2,18,20,22)/t12-/m0/s1. The summed E-state index contributed by atoms with van der Waals surface area (Å²) in [7, 11) is 0. The third-order valence-corrected chi connectivity index (χ3v) is 3.69. The molecule has 2 heterocycles. The smallest absolute Gasteiger partial charge is 0.319 e. The molecule has 0 unspecified atom stereocenters. The second-order valence-electron chi connectivity index (χ2n) is 5.30. The van der Waals surface area contributed by atoms with Gasteiger partial charge in [-0.3, -0.25) is 9.67 Å². The SMILES string of the molecule is CC[C@H](C)n1ncc(NC(=O)NCCc2ccccn2)c1C. The van der Waals surface area contributed by atoms with E-state index in [1.165, 1.54) is 0 Å². The number of nitrogens with one attached hydrogen (secondary N) is 2. The van der Waals surface area contributed by atoms with Crippen molar-refractivity contribution in [1.29, 1.82) is 0 Å². The van der Waals surface area contributed by atoms with Crippen molar-refractivity contribution in [2.75, 3.05) is 11.9 Å². The van der Waals surface area contributed by atoms with Gasteiger partial charge in [0.05, 0.1) is 17.6 Å². The maximum Gasteiger partial charge on any atom is 0.319 e. The number of urea groups is 1. The average molecular weight is 301 g/mol. The molecule has 2 rings (SSSR count). The van der Waals surface area contributed by atoms with Crippen LogP contribution in [0.3, 0.4) is 0 Å². The summed E-state index contributed by atoms with van der Waals surface area (Å²) in [5.74, 6) is 0. The Balaban J connectivity index is 1.83. The first-order valence-corrected chi connectivity index (χ1v) is 7.60. The number of hydrogen-bond donors (Lipinski definition) is 2. The van der Waals surface area contributed by atoms with E-state index in [1.807, 2.05) is 29.8 Å². The van der Waals surface area contributed by atoms with Gasteiger partial charge in [-0.15, -0.1) is 0 Å². The highest BCUT2D eigenvalue weighted by Gasteiger charge is 2.12. The van der Waals surface area contributed by atoms with E-state index in [4.69, 9.17) is 0 Å². The molecule has 0 saturated heterocycles. The first-order chi connectivity index (χ1) is 10.6. The lowest BCUT2D eigenvalue weighted by Crippen LogP contribution is -2.30. The third-order valence-electron chi connectivity index (χ3n) is 3.69. The summed E-state index contributed by atoms with van der Waals surface area (Å²) in [6, 6.07) is 5.86. The lowest BCUT2D eigenvalue weighted by molar-refractivity contribution is 0.252. The van der Waals surface area contributed by atoms with Crippen LogP contribution in [0.4, 0.5) is 10.5 Å². The molecule has 2 N–H and O–H groups in total. The molecule has 0 bridgehead atoms. The Morgan fingerprint density at radius 1 is 1.41 bits per heavy atom. The van der Waals surface area contributed by atoms with Gasteiger partial charge in [0.1, 0.15) is 0 Å². The Labute approximate surface area is 130 Å². The van der Waals surface area contributed by atoms with E-state index >= 15 is 0 Å². The van der Waals surface area contributed by atoms with E-state index in [0.29, 0.717) is 19.0 Å². The molecule has 0 fully saturated rings. The van der Waals surface area contributed by atoms with Gasteiger partial charge < -0.3 is 10.6 Å². The van der Waals surface area contributed by atoms with Crippen molar-refractivity contribution in [3.8, 4) is 0 Å². The number of carbonyl (C=O) groups excluding carboxylic acids is 1. The highest BCUT2D eigenvalue weighted by molar-refractivity contribution is 5.89. The Morgan fingerprint density at radius 3 is 2.91 bits per heavy atom. The van der Waals surface area contributed by atoms with Crippen LogP contribution in [0.15, 0.2) is 30.6 Å². The molecule has 0 aromatic carbocycles. The van der Waals surface area contributed by atoms with Crippen LogP contribution in [0.1, 0.15) is 37.7 Å². The molecular formula is C16H23N5O. The quantitative estimate of drug-likeness (QED) is 0.861. The first kappa shape index (κ1) is 16.0. The molecule has 0 spiro atoms. The van der Waals surface area contributed by atoms with Gasteiger partial charge in [-0.1, -0.05) is 13.0 Å². The van der Waals surface area contributed by atoms with Crippen LogP contribution in [0, 0.1) is 6.92 Å². The van der Waals surface area contributed by atoms with Crippen molar-refractivity contribution in [2.45, 2.75) is 39.7 Å². The van der Waals surface area contributed by atoms with Crippen molar-refractivity contribution in [3.63, 3.8) is 0 Å². The van der Waals surface area contributed by atoms with Gasteiger partial charge in [-0.05, 0) is 32.4 Å². The van der Waals surface area contributed by atoms with Gasteiger partial charge in [-0.25, -0.2) is 4.79 Å². The fourth-order valence-electron chi connectivity index (χ4n) is 2.18. The van der Waals surface area contributed by atoms with E-state index in [9.17, 15) is 4.79 Å². The summed E-state index contributed by atoms with van der Waals surface area (Å²) < 4.78 is 1.93. The maximum atomic E-state index is 11.9. The normalized spacial score (nSPS) is 12.0. The van der Waals surface area contributed by atoms with E-state index in [0.717, 1.165) is 23.5 Å². The predicted molar refractivity (Wildman–Crippen MR) is 86.9 cm³/mol. The molecule has 0 aliphatic rings. The number of hydrogen-bond acceptors (Lipinski definition) is 3. The minimum absolute atomic E-state index is 0.220. The van der Waals surface area contributed by atoms with Crippen LogP contribution in [-0.4, -0.2) is 27.3 Å². The Bertz CT molecular complexity index is 608. The number of anilines is 1. The summed E-state index contributed by atoms with van der Waals surface area (Å²) in [6.45, 7) is 6.73. The monoisotopic (exact) mass is 301 g/mol. The van der Waals surface area contributed by atoms with E-state index in [2.05, 4.69) is 34.6 Å². The van der Waals surface area contributed by atoms with Crippen molar-refractivity contribution >= 4 is 11.7 Å². The lowest BCUT2D eigenvalue weighted by atomic mass is 10.2. The molecule has 118 valence electrons. The Kier molecular flexibility index (Phi) is 5.52. The summed E-state index contributed by atoms with van der Waals surface area (Å²) in [6.07, 6.45) is 5.15. The van der Waals surface area contributed by atoms with Gasteiger partial charge in [0, 0.05) is 30.9 Å². The molecule has 0 aliphatic heterocycles. The van der Waals surface area contributed by atoms with Crippen LogP contribution in [0.5, 0.6) is 0 Å². The molecular weight excluding hydrogens is 278 g/mol. The van der Waals surface area contributed by atoms with Crippen molar-refractivity contribution in [3.05, 3.63) is 42.0 Å². The number of amides is 2. The van der Waals surface area contributed by atoms with Crippen LogP contribution < -0.4 is 10.6 Å². The van der Waals surface area contributed by atoms with Gasteiger partial charge >= 0.3 is 6.03 Å². The fraction of sp³-hybridized carbons (Fsp3) is 0.438. The molecule has 0 saturated carbocycles. The lowest BCUT2D eigenvalue weighted by Gasteiger charge is -2.12. The molecule has 2 aromatic heterocycles. The molecule has 2 aromatic rings. The number of rotatable bonds is 6. The van der Waals surface area contributed by atoms with Crippen LogP contribution in [0.25, 0.3) is 0 Å². The minimum Gasteiger partial charge on any atom is -0.337 e. The number of aromatic nitrogens is 3. The van der Waals surface area contributed by atoms with Crippen molar-refractivity contribution < 1.29 is 4.79 Å². The summed E-state index contributed by atoms with van der Waals surface area (Å²) in [4.78, 5) is 16.1. The topological polar surface area (TPSA) is 71.8 Å². The summed E-state index contributed by atoms with van der Waals surface area (Å²) in [5.41, 5.74) is 2.67. The van der Waals surface area contributed by atoms with Crippen molar-refractivity contribution in [1.82, 2.24) is 20.1 Å². The molecule has 1 atom stereocenters. The third kappa shape index (κ3) is 4.07. The van der Waals surface area contributed by atoms with Gasteiger partial charge in [0.2, 0.25) is 0 Å². The van der Waals surface area contributed by atoms with Gasteiger partial charge in [-0.2, -0.15) is 5.10 Å². The van der Waals surface area contributed by atoms with E-state index < -0.39 is 0 Å². The second-order valence-corrected chi connectivity index (χ2v) is 5.30. The van der Waals surface area contributed by atoms with E-state index in [1.54, 1.807) is 12.4 Å². The minimum atomic E-state index is -0.220. The molecule has 6 heteroatoms. The van der Waals surface area contributed by atoms with Crippen LogP contribution in [-0.2, 0) is 6.42 Å². The maximum absolute atomic E-state index is 11.9. The molecule has 22 heavy (non-hydrogen) atoms. The average Bonchev–Trinajstić information content (AvgIpc) is 2.88. The van der Waals surface area contributed by atoms with Crippen LogP contribution >= 0.6 is 0 Å². The Morgan fingerprint density at radius 2 is 2.23 bits per heavy atom. The number of nitrogens with zero attached hydrogens (tertiary/aromatic N) is 3. The zero-order chi connectivity index (χ0) is 15.9. The largest absolute Gasteiger partial charge is 0.337 e.